The molecule has 5 nitrogen and oxygen atoms in total. The zero-order valence-electron chi connectivity index (χ0n) is 8.06. The van der Waals surface area contributed by atoms with Gasteiger partial charge in [-0.3, -0.25) is 0 Å². The summed E-state index contributed by atoms with van der Waals surface area (Å²) < 4.78 is 0. The minimum Gasteiger partial charge on any atom is -0.368 e. The van der Waals surface area contributed by atoms with Crippen LogP contribution in [0, 0.1) is 5.92 Å². The average molecular weight is 193 g/mol. The first-order valence-electron chi connectivity index (χ1n) is 4.83. The summed E-state index contributed by atoms with van der Waals surface area (Å²) in [5.74, 6) is 1.83. The summed E-state index contributed by atoms with van der Waals surface area (Å²) >= 11 is 0. The Balaban J connectivity index is 2.09. The Hall–Kier alpha value is -1.36. The summed E-state index contributed by atoms with van der Waals surface area (Å²) in [5, 5.41) is 0. The van der Waals surface area contributed by atoms with Gasteiger partial charge in [0.25, 0.3) is 0 Å². The third-order valence-electron chi connectivity index (χ3n) is 2.60. The minimum absolute atomic E-state index is 0.332. The maximum atomic E-state index is 5.62. The van der Waals surface area contributed by atoms with Crippen molar-refractivity contribution in [1.82, 2.24) is 9.97 Å². The van der Waals surface area contributed by atoms with Crippen LogP contribution in [0.2, 0.25) is 0 Å². The van der Waals surface area contributed by atoms with Gasteiger partial charge in [-0.1, -0.05) is 0 Å². The summed E-state index contributed by atoms with van der Waals surface area (Å²) in [6, 6.07) is 1.88. The molecule has 1 aromatic heterocycles. The van der Waals surface area contributed by atoms with Gasteiger partial charge in [0.2, 0.25) is 5.95 Å². The molecule has 76 valence electrons. The van der Waals surface area contributed by atoms with Crippen LogP contribution in [0.15, 0.2) is 12.3 Å². The van der Waals surface area contributed by atoms with Crippen molar-refractivity contribution in [2.75, 3.05) is 30.3 Å². The number of nitrogens with two attached hydrogens (primary N) is 2. The summed E-state index contributed by atoms with van der Waals surface area (Å²) in [7, 11) is 0. The molecule has 1 aliphatic rings. The first kappa shape index (κ1) is 9.21. The van der Waals surface area contributed by atoms with Gasteiger partial charge in [-0.25, -0.2) is 4.98 Å². The van der Waals surface area contributed by atoms with Gasteiger partial charge in [0.05, 0.1) is 0 Å². The highest BCUT2D eigenvalue weighted by Crippen LogP contribution is 2.21. The van der Waals surface area contributed by atoms with Crippen molar-refractivity contribution in [2.45, 2.75) is 6.42 Å². The Morgan fingerprint density at radius 2 is 2.43 bits per heavy atom. The van der Waals surface area contributed by atoms with Gasteiger partial charge in [0.1, 0.15) is 5.82 Å². The van der Waals surface area contributed by atoms with E-state index in [4.69, 9.17) is 11.5 Å². The largest absolute Gasteiger partial charge is 0.368 e. The highest BCUT2D eigenvalue weighted by molar-refractivity contribution is 5.41. The third-order valence-corrected chi connectivity index (χ3v) is 2.60. The third kappa shape index (κ3) is 1.77. The maximum Gasteiger partial charge on any atom is 0.221 e. The SMILES string of the molecule is NC[C@H]1CCN(c2ccnc(N)n2)C1. The van der Waals surface area contributed by atoms with Crippen LogP contribution in [0.3, 0.4) is 0 Å². The van der Waals surface area contributed by atoms with Crippen LogP contribution < -0.4 is 16.4 Å². The van der Waals surface area contributed by atoms with Gasteiger partial charge in [0, 0.05) is 19.3 Å². The van der Waals surface area contributed by atoms with Crippen LogP contribution in [-0.4, -0.2) is 29.6 Å². The fourth-order valence-electron chi connectivity index (χ4n) is 1.77. The van der Waals surface area contributed by atoms with Gasteiger partial charge < -0.3 is 16.4 Å². The summed E-state index contributed by atoms with van der Waals surface area (Å²) in [6.45, 7) is 2.74. The van der Waals surface area contributed by atoms with Crippen molar-refractivity contribution >= 4 is 11.8 Å². The molecule has 0 unspecified atom stereocenters. The molecular weight excluding hydrogens is 178 g/mol. The number of anilines is 2. The number of rotatable bonds is 2. The van der Waals surface area contributed by atoms with E-state index in [-0.39, 0.29) is 0 Å². The van der Waals surface area contributed by atoms with E-state index in [1.54, 1.807) is 6.20 Å². The van der Waals surface area contributed by atoms with Gasteiger partial charge >= 0.3 is 0 Å². The second kappa shape index (κ2) is 3.79. The summed E-state index contributed by atoms with van der Waals surface area (Å²) in [4.78, 5) is 10.2. The van der Waals surface area contributed by atoms with E-state index in [2.05, 4.69) is 14.9 Å². The van der Waals surface area contributed by atoms with Crippen molar-refractivity contribution in [3.63, 3.8) is 0 Å². The predicted molar refractivity (Wildman–Crippen MR) is 55.8 cm³/mol. The van der Waals surface area contributed by atoms with Crippen molar-refractivity contribution in [2.24, 2.45) is 11.7 Å². The molecule has 1 fully saturated rings. The Bertz CT molecular complexity index is 314. The van der Waals surface area contributed by atoms with E-state index in [0.29, 0.717) is 11.9 Å². The molecule has 0 aliphatic carbocycles. The molecule has 1 saturated heterocycles. The van der Waals surface area contributed by atoms with Gasteiger partial charge in [-0.05, 0) is 24.9 Å². The van der Waals surface area contributed by atoms with E-state index in [9.17, 15) is 0 Å². The van der Waals surface area contributed by atoms with E-state index < -0.39 is 0 Å². The van der Waals surface area contributed by atoms with Crippen molar-refractivity contribution in [3.05, 3.63) is 12.3 Å². The Kier molecular flexibility index (Phi) is 2.49. The lowest BCUT2D eigenvalue weighted by molar-refractivity contribution is 0.602. The van der Waals surface area contributed by atoms with Crippen LogP contribution in [-0.2, 0) is 0 Å². The molecule has 0 radical (unpaired) electrons. The molecule has 5 heteroatoms. The molecule has 2 rings (SSSR count). The second-order valence-electron chi connectivity index (χ2n) is 3.61. The Morgan fingerprint density at radius 1 is 1.57 bits per heavy atom. The van der Waals surface area contributed by atoms with Crippen molar-refractivity contribution in [3.8, 4) is 0 Å². The van der Waals surface area contributed by atoms with E-state index in [1.165, 1.54) is 0 Å². The lowest BCUT2D eigenvalue weighted by atomic mass is 10.1. The molecule has 0 saturated carbocycles. The lowest BCUT2D eigenvalue weighted by Gasteiger charge is -2.16. The van der Waals surface area contributed by atoms with Gasteiger partial charge in [-0.2, -0.15) is 4.98 Å². The number of aromatic nitrogens is 2. The number of hydrogen-bond donors (Lipinski definition) is 2. The molecule has 0 spiro atoms. The molecule has 0 aromatic carbocycles. The van der Waals surface area contributed by atoms with Gasteiger partial charge in [0.15, 0.2) is 0 Å². The highest BCUT2D eigenvalue weighted by Gasteiger charge is 2.22. The van der Waals surface area contributed by atoms with E-state index >= 15 is 0 Å². The first-order valence-corrected chi connectivity index (χ1v) is 4.83. The average Bonchev–Trinajstić information content (AvgIpc) is 2.66. The van der Waals surface area contributed by atoms with Crippen molar-refractivity contribution in [1.29, 1.82) is 0 Å². The first-order chi connectivity index (χ1) is 6.79. The fourth-order valence-corrected chi connectivity index (χ4v) is 1.77. The van der Waals surface area contributed by atoms with E-state index in [0.717, 1.165) is 31.9 Å². The zero-order chi connectivity index (χ0) is 9.97. The van der Waals surface area contributed by atoms with Crippen LogP contribution in [0.25, 0.3) is 0 Å². The van der Waals surface area contributed by atoms with E-state index in [1.807, 2.05) is 6.07 Å². The number of nitrogens with zero attached hydrogens (tertiary/aromatic N) is 3. The summed E-state index contributed by atoms with van der Waals surface area (Å²) in [5.41, 5.74) is 11.1. The molecule has 0 amide bonds. The van der Waals surface area contributed by atoms with Gasteiger partial charge in [-0.15, -0.1) is 0 Å². The molecule has 4 N–H and O–H groups in total. The molecule has 1 aliphatic heterocycles. The topological polar surface area (TPSA) is 81.1 Å². The van der Waals surface area contributed by atoms with Crippen LogP contribution in [0.1, 0.15) is 6.42 Å². The zero-order valence-corrected chi connectivity index (χ0v) is 8.06. The Morgan fingerprint density at radius 3 is 3.07 bits per heavy atom. The lowest BCUT2D eigenvalue weighted by Crippen LogP contribution is -2.23. The predicted octanol–water partition coefficient (Wildman–Crippen LogP) is -0.156. The molecule has 1 aromatic rings. The molecule has 2 heterocycles. The number of hydrogen-bond acceptors (Lipinski definition) is 5. The molecular formula is C9H15N5. The normalized spacial score (nSPS) is 21.5. The summed E-state index contributed by atoms with van der Waals surface area (Å²) in [6.07, 6.45) is 2.83. The van der Waals surface area contributed by atoms with Crippen LogP contribution in [0.4, 0.5) is 11.8 Å². The quantitative estimate of drug-likeness (QED) is 0.682. The minimum atomic E-state index is 0.332. The monoisotopic (exact) mass is 193 g/mol. The van der Waals surface area contributed by atoms with Crippen LogP contribution in [0.5, 0.6) is 0 Å². The Labute approximate surface area is 83.1 Å². The van der Waals surface area contributed by atoms with Crippen LogP contribution >= 0.6 is 0 Å². The molecule has 14 heavy (non-hydrogen) atoms. The highest BCUT2D eigenvalue weighted by atomic mass is 15.2. The van der Waals surface area contributed by atoms with Crippen molar-refractivity contribution < 1.29 is 0 Å². The fraction of sp³-hybridized carbons (Fsp3) is 0.556. The second-order valence-corrected chi connectivity index (χ2v) is 3.61. The standard InChI is InChI=1S/C9H15N5/c10-5-7-2-4-14(6-7)8-1-3-12-9(11)13-8/h1,3,7H,2,4-6,10H2,(H2,11,12,13)/t7-/m1/s1. The smallest absolute Gasteiger partial charge is 0.221 e. The maximum absolute atomic E-state index is 5.62. The number of nitrogen functional groups attached to an aromatic ring is 1. The molecule has 1 atom stereocenters. The molecule has 0 bridgehead atoms.